The van der Waals surface area contributed by atoms with Crippen molar-refractivity contribution in [1.82, 2.24) is 30.0 Å². The van der Waals surface area contributed by atoms with Crippen molar-refractivity contribution in [2.45, 2.75) is 26.9 Å². The number of halogens is 1. The third kappa shape index (κ3) is 3.70. The fraction of sp³-hybridized carbons (Fsp3) is 0.250. The molecule has 0 aliphatic rings. The molecule has 0 radical (unpaired) electrons. The Labute approximate surface area is 147 Å². The molecule has 3 rings (SSSR count). The maximum Gasteiger partial charge on any atom is 0.315 e. The summed E-state index contributed by atoms with van der Waals surface area (Å²) in [7, 11) is 0. The summed E-state index contributed by atoms with van der Waals surface area (Å²) in [6.45, 7) is 4.41. The number of rotatable bonds is 4. The van der Waals surface area contributed by atoms with Crippen LogP contribution in [0.3, 0.4) is 0 Å². The van der Waals surface area contributed by atoms with E-state index in [9.17, 15) is 4.79 Å². The molecule has 7 nitrogen and oxygen atoms in total. The molecule has 0 aliphatic heterocycles. The first-order valence-electron chi connectivity index (χ1n) is 7.47. The predicted octanol–water partition coefficient (Wildman–Crippen LogP) is 2.50. The molecular formula is C16H17BrN6O. The first-order valence-corrected chi connectivity index (χ1v) is 8.26. The lowest BCUT2D eigenvalue weighted by Gasteiger charge is -2.07. The Morgan fingerprint density at radius 3 is 2.71 bits per heavy atom. The molecule has 0 aromatic carbocycles. The monoisotopic (exact) mass is 388 g/mol. The molecule has 0 unspecified atom stereocenters. The van der Waals surface area contributed by atoms with E-state index < -0.39 is 0 Å². The highest BCUT2D eigenvalue weighted by Crippen LogP contribution is 2.18. The highest BCUT2D eigenvalue weighted by atomic mass is 79.9. The average molecular weight is 389 g/mol. The van der Waals surface area contributed by atoms with Crippen LogP contribution in [0.2, 0.25) is 0 Å². The zero-order valence-corrected chi connectivity index (χ0v) is 15.0. The van der Waals surface area contributed by atoms with E-state index in [1.165, 1.54) is 0 Å². The number of aryl methyl sites for hydroxylation is 2. The number of nitrogens with one attached hydrogen (secondary N) is 2. The first-order chi connectivity index (χ1) is 11.5. The number of imidazole rings is 1. The second-order valence-electron chi connectivity index (χ2n) is 5.36. The van der Waals surface area contributed by atoms with E-state index in [4.69, 9.17) is 0 Å². The van der Waals surface area contributed by atoms with Crippen molar-refractivity contribution in [3.05, 3.63) is 58.0 Å². The lowest BCUT2D eigenvalue weighted by atomic mass is 10.3. The molecule has 3 aromatic heterocycles. The number of urea groups is 1. The third-order valence-electron chi connectivity index (χ3n) is 3.40. The van der Waals surface area contributed by atoms with Gasteiger partial charge in [0.25, 0.3) is 0 Å². The molecule has 8 heteroatoms. The van der Waals surface area contributed by atoms with Gasteiger partial charge in [0.15, 0.2) is 0 Å². The Bertz CT molecular complexity index is 871. The van der Waals surface area contributed by atoms with E-state index in [1.807, 2.05) is 48.7 Å². The van der Waals surface area contributed by atoms with Crippen LogP contribution < -0.4 is 10.6 Å². The van der Waals surface area contributed by atoms with E-state index >= 15 is 0 Å². The molecule has 2 N–H and O–H groups in total. The highest BCUT2D eigenvalue weighted by Gasteiger charge is 2.10. The number of aromatic nitrogens is 4. The number of pyridine rings is 1. The SMILES string of the molecule is Cc1cc(CNC(=O)NCc2nc3ccccn3c2Br)nc(C)n1. The number of hydrogen-bond donors (Lipinski definition) is 2. The molecule has 2 amide bonds. The van der Waals surface area contributed by atoms with Crippen LogP contribution in [-0.4, -0.2) is 25.4 Å². The van der Waals surface area contributed by atoms with Crippen molar-refractivity contribution in [2.75, 3.05) is 0 Å². The minimum absolute atomic E-state index is 0.270. The van der Waals surface area contributed by atoms with Crippen LogP contribution in [0.25, 0.3) is 5.65 Å². The van der Waals surface area contributed by atoms with Gasteiger partial charge in [-0.3, -0.25) is 4.40 Å². The number of carbonyl (C=O) groups is 1. The Morgan fingerprint density at radius 2 is 1.96 bits per heavy atom. The van der Waals surface area contributed by atoms with Crippen molar-refractivity contribution >= 4 is 27.6 Å². The molecule has 0 saturated carbocycles. The van der Waals surface area contributed by atoms with Crippen LogP contribution in [0.4, 0.5) is 4.79 Å². The maximum absolute atomic E-state index is 12.0. The van der Waals surface area contributed by atoms with E-state index in [-0.39, 0.29) is 6.03 Å². The zero-order valence-electron chi connectivity index (χ0n) is 13.4. The van der Waals surface area contributed by atoms with Crippen LogP contribution in [0.5, 0.6) is 0 Å². The summed E-state index contributed by atoms with van der Waals surface area (Å²) >= 11 is 3.51. The number of amides is 2. The summed E-state index contributed by atoms with van der Waals surface area (Å²) in [5.74, 6) is 0.695. The maximum atomic E-state index is 12.0. The fourth-order valence-corrected chi connectivity index (χ4v) is 2.94. The normalized spacial score (nSPS) is 10.8. The largest absolute Gasteiger partial charge is 0.333 e. The van der Waals surface area contributed by atoms with Crippen LogP contribution in [0, 0.1) is 13.8 Å². The molecule has 0 saturated heterocycles. The Balaban J connectivity index is 1.58. The first kappa shape index (κ1) is 16.4. The van der Waals surface area contributed by atoms with Gasteiger partial charge in [-0.05, 0) is 48.0 Å². The van der Waals surface area contributed by atoms with E-state index in [0.717, 1.165) is 27.3 Å². The van der Waals surface area contributed by atoms with Crippen LogP contribution in [-0.2, 0) is 13.1 Å². The van der Waals surface area contributed by atoms with Crippen molar-refractivity contribution in [3.8, 4) is 0 Å². The molecular weight excluding hydrogens is 372 g/mol. The zero-order chi connectivity index (χ0) is 17.1. The second kappa shape index (κ2) is 6.96. The molecule has 0 spiro atoms. The quantitative estimate of drug-likeness (QED) is 0.718. The van der Waals surface area contributed by atoms with E-state index in [0.29, 0.717) is 18.9 Å². The van der Waals surface area contributed by atoms with Gasteiger partial charge in [0.1, 0.15) is 16.1 Å². The van der Waals surface area contributed by atoms with Crippen molar-refractivity contribution in [1.29, 1.82) is 0 Å². The Kier molecular flexibility index (Phi) is 4.75. The van der Waals surface area contributed by atoms with Gasteiger partial charge in [-0.25, -0.2) is 19.7 Å². The standard InChI is InChI=1S/C16H17BrN6O/c1-10-7-12(21-11(2)20-10)8-18-16(24)19-9-13-15(17)23-6-4-3-5-14(23)22-13/h3-7H,8-9H2,1-2H3,(H2,18,19,24). The molecule has 3 aromatic rings. The number of carbonyl (C=O) groups excluding carboxylic acids is 1. The van der Waals surface area contributed by atoms with Gasteiger partial charge < -0.3 is 10.6 Å². The molecule has 0 aliphatic carbocycles. The smallest absolute Gasteiger partial charge is 0.315 e. The van der Waals surface area contributed by atoms with Crippen molar-refractivity contribution in [2.24, 2.45) is 0 Å². The van der Waals surface area contributed by atoms with Crippen molar-refractivity contribution in [3.63, 3.8) is 0 Å². The number of hydrogen-bond acceptors (Lipinski definition) is 4. The summed E-state index contributed by atoms with van der Waals surface area (Å²) < 4.78 is 2.75. The fourth-order valence-electron chi connectivity index (χ4n) is 2.41. The van der Waals surface area contributed by atoms with Gasteiger partial charge in [0.05, 0.1) is 24.5 Å². The van der Waals surface area contributed by atoms with Crippen LogP contribution in [0.15, 0.2) is 35.1 Å². The topological polar surface area (TPSA) is 84.2 Å². The summed E-state index contributed by atoms with van der Waals surface area (Å²) in [4.78, 5) is 25.0. The van der Waals surface area contributed by atoms with Gasteiger partial charge in [-0.15, -0.1) is 0 Å². The Hall–Kier alpha value is -2.48. The van der Waals surface area contributed by atoms with Gasteiger partial charge in [0, 0.05) is 11.9 Å². The highest BCUT2D eigenvalue weighted by molar-refractivity contribution is 9.10. The molecule has 0 fully saturated rings. The summed E-state index contributed by atoms with van der Waals surface area (Å²) in [5, 5.41) is 5.59. The minimum atomic E-state index is -0.270. The molecule has 0 bridgehead atoms. The Morgan fingerprint density at radius 1 is 1.17 bits per heavy atom. The third-order valence-corrected chi connectivity index (χ3v) is 4.24. The number of fused-ring (bicyclic) bond motifs is 1. The molecule has 0 atom stereocenters. The molecule has 24 heavy (non-hydrogen) atoms. The van der Waals surface area contributed by atoms with Gasteiger partial charge in [-0.1, -0.05) is 6.07 Å². The minimum Gasteiger partial charge on any atom is -0.333 e. The average Bonchev–Trinajstić information content (AvgIpc) is 2.87. The van der Waals surface area contributed by atoms with Gasteiger partial charge in [0.2, 0.25) is 0 Å². The number of nitrogens with zero attached hydrogens (tertiary/aromatic N) is 4. The lowest BCUT2D eigenvalue weighted by Crippen LogP contribution is -2.35. The summed E-state index contributed by atoms with van der Waals surface area (Å²) in [5.41, 5.74) is 3.26. The summed E-state index contributed by atoms with van der Waals surface area (Å²) in [6.07, 6.45) is 1.91. The van der Waals surface area contributed by atoms with Crippen LogP contribution >= 0.6 is 15.9 Å². The summed E-state index contributed by atoms with van der Waals surface area (Å²) in [6, 6.07) is 7.34. The van der Waals surface area contributed by atoms with Gasteiger partial charge in [-0.2, -0.15) is 0 Å². The van der Waals surface area contributed by atoms with Crippen LogP contribution in [0.1, 0.15) is 22.9 Å². The van der Waals surface area contributed by atoms with Gasteiger partial charge >= 0.3 is 6.03 Å². The predicted molar refractivity (Wildman–Crippen MR) is 93.5 cm³/mol. The molecule has 124 valence electrons. The van der Waals surface area contributed by atoms with Crippen molar-refractivity contribution < 1.29 is 4.79 Å². The second-order valence-corrected chi connectivity index (χ2v) is 6.11. The lowest BCUT2D eigenvalue weighted by molar-refractivity contribution is 0.240. The van der Waals surface area contributed by atoms with E-state index in [2.05, 4.69) is 41.5 Å². The molecule has 3 heterocycles. The van der Waals surface area contributed by atoms with E-state index in [1.54, 1.807) is 0 Å².